The summed E-state index contributed by atoms with van der Waals surface area (Å²) in [4.78, 5) is 11.8. The van der Waals surface area contributed by atoms with Crippen molar-refractivity contribution in [3.8, 4) is 0 Å². The van der Waals surface area contributed by atoms with Gasteiger partial charge in [-0.1, -0.05) is 50.6 Å². The maximum absolute atomic E-state index is 12.2. The second-order valence-corrected chi connectivity index (χ2v) is 8.16. The van der Waals surface area contributed by atoms with E-state index in [2.05, 4.69) is 12.1 Å². The number of unbranched alkanes of at least 4 members (excludes halogenated alkanes) is 2. The van der Waals surface area contributed by atoms with Crippen LogP contribution in [0.1, 0.15) is 51.5 Å². The highest BCUT2D eigenvalue weighted by atomic mass is 31.1. The molecule has 1 aromatic carbocycles. The molecule has 0 fully saturated rings. The molecule has 1 rings (SSSR count). The maximum atomic E-state index is 12.2. The Balaban J connectivity index is 2.56. The Labute approximate surface area is 140 Å². The van der Waals surface area contributed by atoms with Gasteiger partial charge >= 0.3 is 14.0 Å². The van der Waals surface area contributed by atoms with Crippen LogP contribution in [-0.2, 0) is 20.3 Å². The van der Waals surface area contributed by atoms with Crippen LogP contribution in [0.25, 0.3) is 0 Å². The molecule has 1 aromatic rings. The molecule has 0 heterocycles. The zero-order chi connectivity index (χ0) is 17.3. The Morgan fingerprint density at radius 3 is 2.39 bits per heavy atom. The summed E-state index contributed by atoms with van der Waals surface area (Å²) in [5.74, 6) is -0.846. The fraction of sp³-hybridized carbons (Fsp3) is 0.611. The SMILES string of the molecule is CO[P+](=O)C(CCCCCc1ccccc1)(CC(C)C)C(=O)O. The summed E-state index contributed by atoms with van der Waals surface area (Å²) >= 11 is 0. The first-order valence-corrected chi connectivity index (χ1v) is 9.39. The molecular formula is C18H28O4P+. The highest BCUT2D eigenvalue weighted by Crippen LogP contribution is 2.47. The molecule has 0 aliphatic carbocycles. The van der Waals surface area contributed by atoms with Crippen LogP contribution in [0.5, 0.6) is 0 Å². The molecule has 0 saturated heterocycles. The average molecular weight is 339 g/mol. The van der Waals surface area contributed by atoms with E-state index in [0.717, 1.165) is 25.7 Å². The number of hydrogen-bond acceptors (Lipinski definition) is 3. The third-order valence-electron chi connectivity index (χ3n) is 4.06. The normalized spacial score (nSPS) is 14.5. The predicted molar refractivity (Wildman–Crippen MR) is 93.1 cm³/mol. The van der Waals surface area contributed by atoms with Crippen molar-refractivity contribution in [3.05, 3.63) is 35.9 Å². The Morgan fingerprint density at radius 2 is 1.87 bits per heavy atom. The molecule has 0 aliphatic rings. The highest BCUT2D eigenvalue weighted by Gasteiger charge is 2.57. The van der Waals surface area contributed by atoms with Crippen LogP contribution in [0.15, 0.2) is 30.3 Å². The fourth-order valence-corrected chi connectivity index (χ4v) is 4.32. The zero-order valence-corrected chi connectivity index (χ0v) is 15.2. The minimum atomic E-state index is -2.21. The summed E-state index contributed by atoms with van der Waals surface area (Å²) < 4.78 is 17.2. The van der Waals surface area contributed by atoms with E-state index in [1.54, 1.807) is 0 Å². The Hall–Kier alpha value is -1.25. The molecule has 0 aromatic heterocycles. The fourth-order valence-electron chi connectivity index (χ4n) is 2.96. The second kappa shape index (κ2) is 9.79. The van der Waals surface area contributed by atoms with Crippen LogP contribution < -0.4 is 0 Å². The topological polar surface area (TPSA) is 63.6 Å². The van der Waals surface area contributed by atoms with E-state index < -0.39 is 19.2 Å². The summed E-state index contributed by atoms with van der Waals surface area (Å²) in [6, 6.07) is 10.2. The number of carboxylic acids is 1. The van der Waals surface area contributed by atoms with Gasteiger partial charge in [-0.3, -0.25) is 0 Å². The Bertz CT molecular complexity index is 501. The van der Waals surface area contributed by atoms with E-state index in [1.807, 2.05) is 32.0 Å². The van der Waals surface area contributed by atoms with Crippen molar-refractivity contribution in [2.45, 2.75) is 57.5 Å². The lowest BCUT2D eigenvalue weighted by atomic mass is 9.90. The first kappa shape index (κ1) is 19.8. The van der Waals surface area contributed by atoms with Crippen LogP contribution in [-0.4, -0.2) is 23.3 Å². The van der Waals surface area contributed by atoms with Gasteiger partial charge in [-0.25, -0.2) is 4.79 Å². The molecule has 2 atom stereocenters. The van der Waals surface area contributed by atoms with Gasteiger partial charge in [-0.15, -0.1) is 4.52 Å². The summed E-state index contributed by atoms with van der Waals surface area (Å²) in [5, 5.41) is 8.39. The summed E-state index contributed by atoms with van der Waals surface area (Å²) in [6.45, 7) is 3.90. The summed E-state index contributed by atoms with van der Waals surface area (Å²) in [7, 11) is -0.887. The van der Waals surface area contributed by atoms with E-state index in [4.69, 9.17) is 4.52 Å². The van der Waals surface area contributed by atoms with Crippen LogP contribution in [0.2, 0.25) is 0 Å². The standard InChI is InChI=1S/C18H27O4P/c1-15(2)14-18(17(19)20,23(21)22-3)13-9-5-8-12-16-10-6-4-7-11-16/h4,6-7,10-11,15H,5,8-9,12-14H2,1-3H3/p+1. The van der Waals surface area contributed by atoms with E-state index in [1.165, 1.54) is 12.7 Å². The first-order chi connectivity index (χ1) is 10.9. The van der Waals surface area contributed by atoms with Gasteiger partial charge < -0.3 is 5.11 Å². The number of benzene rings is 1. The predicted octanol–water partition coefficient (Wildman–Crippen LogP) is 5.05. The lowest BCUT2D eigenvalue weighted by Gasteiger charge is -2.20. The molecule has 0 amide bonds. The van der Waals surface area contributed by atoms with Crippen molar-refractivity contribution in [1.82, 2.24) is 0 Å². The highest BCUT2D eigenvalue weighted by molar-refractivity contribution is 7.42. The van der Waals surface area contributed by atoms with Crippen molar-refractivity contribution >= 4 is 14.0 Å². The average Bonchev–Trinajstić information content (AvgIpc) is 2.53. The third kappa shape index (κ3) is 6.04. The van der Waals surface area contributed by atoms with Crippen molar-refractivity contribution in [1.29, 1.82) is 0 Å². The number of hydrogen-bond donors (Lipinski definition) is 1. The molecule has 0 saturated carbocycles. The lowest BCUT2D eigenvalue weighted by molar-refractivity contribution is -0.141. The van der Waals surface area contributed by atoms with Crippen LogP contribution in [0.3, 0.4) is 0 Å². The second-order valence-electron chi connectivity index (χ2n) is 6.42. The van der Waals surface area contributed by atoms with Crippen LogP contribution >= 0.6 is 8.03 Å². The quantitative estimate of drug-likeness (QED) is 0.453. The Kier molecular flexibility index (Phi) is 8.43. The molecule has 128 valence electrons. The van der Waals surface area contributed by atoms with Gasteiger partial charge in [0.25, 0.3) is 5.16 Å². The van der Waals surface area contributed by atoms with Gasteiger partial charge in [-0.05, 0) is 35.3 Å². The van der Waals surface area contributed by atoms with Gasteiger partial charge in [-0.2, -0.15) is 0 Å². The lowest BCUT2D eigenvalue weighted by Crippen LogP contribution is -2.37. The third-order valence-corrected chi connectivity index (χ3v) is 5.69. The Morgan fingerprint density at radius 1 is 1.22 bits per heavy atom. The first-order valence-electron chi connectivity index (χ1n) is 8.21. The number of carboxylic acid groups (broad SMARTS) is 1. The van der Waals surface area contributed by atoms with E-state index in [0.29, 0.717) is 12.8 Å². The minimum Gasteiger partial charge on any atom is -0.478 e. The maximum Gasteiger partial charge on any atom is 0.526 e. The largest absolute Gasteiger partial charge is 0.526 e. The monoisotopic (exact) mass is 339 g/mol. The molecule has 0 spiro atoms. The van der Waals surface area contributed by atoms with Gasteiger partial charge in [0.05, 0.1) is 7.11 Å². The van der Waals surface area contributed by atoms with Gasteiger partial charge in [0.15, 0.2) is 0 Å². The number of aryl methyl sites for hydroxylation is 1. The molecule has 0 bridgehead atoms. The zero-order valence-electron chi connectivity index (χ0n) is 14.3. The molecule has 5 heteroatoms. The molecule has 0 aliphatic heterocycles. The molecular weight excluding hydrogens is 311 g/mol. The molecule has 4 nitrogen and oxygen atoms in total. The number of aliphatic carboxylic acids is 1. The molecule has 0 radical (unpaired) electrons. The van der Waals surface area contributed by atoms with Gasteiger partial charge in [0, 0.05) is 12.8 Å². The van der Waals surface area contributed by atoms with Crippen molar-refractivity contribution < 1.29 is 19.0 Å². The van der Waals surface area contributed by atoms with Crippen LogP contribution in [0, 0.1) is 5.92 Å². The molecule has 1 N–H and O–H groups in total. The summed E-state index contributed by atoms with van der Waals surface area (Å²) in [6.07, 6.45) is 4.44. The van der Waals surface area contributed by atoms with Gasteiger partial charge in [0.2, 0.25) is 0 Å². The van der Waals surface area contributed by atoms with Crippen molar-refractivity contribution in [3.63, 3.8) is 0 Å². The van der Waals surface area contributed by atoms with Crippen molar-refractivity contribution in [2.24, 2.45) is 5.92 Å². The van der Waals surface area contributed by atoms with E-state index in [-0.39, 0.29) is 5.92 Å². The van der Waals surface area contributed by atoms with E-state index in [9.17, 15) is 14.5 Å². The molecule has 2 unspecified atom stereocenters. The molecule has 23 heavy (non-hydrogen) atoms. The van der Waals surface area contributed by atoms with Gasteiger partial charge in [0.1, 0.15) is 0 Å². The van der Waals surface area contributed by atoms with Crippen LogP contribution in [0.4, 0.5) is 0 Å². The summed E-state index contributed by atoms with van der Waals surface area (Å²) in [5.41, 5.74) is 1.29. The minimum absolute atomic E-state index is 0.157. The smallest absolute Gasteiger partial charge is 0.478 e. The van der Waals surface area contributed by atoms with E-state index >= 15 is 0 Å². The number of carbonyl (C=O) groups is 1. The number of rotatable bonds is 11. The van der Waals surface area contributed by atoms with Crippen molar-refractivity contribution in [2.75, 3.05) is 7.11 Å².